The lowest BCUT2D eigenvalue weighted by molar-refractivity contribution is -0.385. The van der Waals surface area contributed by atoms with Crippen LogP contribution in [0.25, 0.3) is 0 Å². The Labute approximate surface area is 137 Å². The van der Waals surface area contributed by atoms with Crippen LogP contribution in [0.5, 0.6) is 5.75 Å². The van der Waals surface area contributed by atoms with Crippen LogP contribution in [0.1, 0.15) is 36.5 Å². The van der Waals surface area contributed by atoms with Crippen LogP contribution in [0.4, 0.5) is 5.69 Å². The molecule has 1 aromatic rings. The molecule has 0 saturated carbocycles. The first-order chi connectivity index (χ1) is 10.1. The topological polar surface area (TPSA) is 81.5 Å². The summed E-state index contributed by atoms with van der Waals surface area (Å²) in [5, 5.41) is 13.8. The van der Waals surface area contributed by atoms with E-state index in [4.69, 9.17) is 4.74 Å². The number of halogens is 1. The number of ether oxygens (including phenoxy) is 1. The van der Waals surface area contributed by atoms with Gasteiger partial charge in [-0.2, -0.15) is 0 Å². The minimum Gasteiger partial charge on any atom is -0.487 e. The maximum absolute atomic E-state index is 12.1. The van der Waals surface area contributed by atoms with E-state index in [0.29, 0.717) is 6.54 Å². The summed E-state index contributed by atoms with van der Waals surface area (Å²) < 4.78 is 6.39. The van der Waals surface area contributed by atoms with Gasteiger partial charge in [-0.15, -0.1) is 0 Å². The Morgan fingerprint density at radius 3 is 2.76 bits per heavy atom. The number of nitro groups is 1. The third kappa shape index (κ3) is 5.49. The molecule has 1 amide bonds. The second kappa shape index (κ2) is 9.54. The standard InChI is InChI=1S/C14H19IN2O4/c1-2-21-13-11(7-6-8-12(13)17(19)20)14(18)16-10-5-3-4-9-15/h6-8H,2-5,9-10H2,1H3,(H,16,18). The van der Waals surface area contributed by atoms with Crippen molar-refractivity contribution in [3.63, 3.8) is 0 Å². The predicted octanol–water partition coefficient (Wildman–Crippen LogP) is 3.33. The van der Waals surface area contributed by atoms with E-state index < -0.39 is 4.92 Å². The van der Waals surface area contributed by atoms with E-state index in [0.717, 1.165) is 23.7 Å². The van der Waals surface area contributed by atoms with E-state index in [-0.39, 0.29) is 29.5 Å². The van der Waals surface area contributed by atoms with Crippen molar-refractivity contribution in [3.05, 3.63) is 33.9 Å². The van der Waals surface area contributed by atoms with E-state index in [1.807, 2.05) is 0 Å². The summed E-state index contributed by atoms with van der Waals surface area (Å²) in [6.07, 6.45) is 3.07. The van der Waals surface area contributed by atoms with E-state index in [2.05, 4.69) is 27.9 Å². The smallest absolute Gasteiger partial charge is 0.311 e. The molecule has 0 heterocycles. The normalized spacial score (nSPS) is 10.2. The van der Waals surface area contributed by atoms with Gasteiger partial charge < -0.3 is 10.1 Å². The molecule has 6 nitrogen and oxygen atoms in total. The highest BCUT2D eigenvalue weighted by molar-refractivity contribution is 14.1. The summed E-state index contributed by atoms with van der Waals surface area (Å²) in [6.45, 7) is 2.55. The molecule has 0 fully saturated rings. The molecule has 0 aliphatic carbocycles. The van der Waals surface area contributed by atoms with Crippen molar-refractivity contribution in [2.45, 2.75) is 26.2 Å². The number of unbranched alkanes of at least 4 members (excludes halogenated alkanes) is 2. The van der Waals surface area contributed by atoms with Gasteiger partial charge in [-0.25, -0.2) is 0 Å². The van der Waals surface area contributed by atoms with Crippen molar-refractivity contribution in [2.75, 3.05) is 17.6 Å². The summed E-state index contributed by atoms with van der Waals surface area (Å²) in [6, 6.07) is 4.37. The maximum Gasteiger partial charge on any atom is 0.311 e. The summed E-state index contributed by atoms with van der Waals surface area (Å²) in [4.78, 5) is 22.6. The molecule has 0 radical (unpaired) electrons. The lowest BCUT2D eigenvalue weighted by Crippen LogP contribution is -2.25. The third-order valence-electron chi connectivity index (χ3n) is 2.82. The van der Waals surface area contributed by atoms with Gasteiger partial charge >= 0.3 is 5.69 Å². The van der Waals surface area contributed by atoms with Gasteiger partial charge in [0.15, 0.2) is 0 Å². The van der Waals surface area contributed by atoms with Crippen LogP contribution in [0.2, 0.25) is 0 Å². The fourth-order valence-electron chi connectivity index (χ4n) is 1.84. The molecule has 0 aliphatic heterocycles. The minimum absolute atomic E-state index is 0.0368. The molecule has 0 spiro atoms. The number of amides is 1. The minimum atomic E-state index is -0.540. The summed E-state index contributed by atoms with van der Waals surface area (Å²) in [5.74, 6) is -0.300. The first kappa shape index (κ1) is 17.7. The van der Waals surface area contributed by atoms with Gasteiger partial charge in [0.2, 0.25) is 5.75 Å². The lowest BCUT2D eigenvalue weighted by Gasteiger charge is -2.10. The molecule has 1 N–H and O–H groups in total. The van der Waals surface area contributed by atoms with Gasteiger partial charge in [0, 0.05) is 12.6 Å². The van der Waals surface area contributed by atoms with Crippen molar-refractivity contribution in [3.8, 4) is 5.75 Å². The van der Waals surface area contributed by atoms with Crippen molar-refractivity contribution >= 4 is 34.2 Å². The van der Waals surface area contributed by atoms with Crippen LogP contribution in [-0.4, -0.2) is 28.4 Å². The van der Waals surface area contributed by atoms with Crippen LogP contribution in [0.3, 0.4) is 0 Å². The molecule has 0 bridgehead atoms. The average Bonchev–Trinajstić information content (AvgIpc) is 2.47. The number of nitro benzene ring substituents is 1. The van der Waals surface area contributed by atoms with E-state index in [1.54, 1.807) is 6.92 Å². The second-order valence-corrected chi connectivity index (χ2v) is 5.43. The van der Waals surface area contributed by atoms with Crippen LogP contribution in [0, 0.1) is 10.1 Å². The van der Waals surface area contributed by atoms with Crippen LogP contribution < -0.4 is 10.1 Å². The van der Waals surface area contributed by atoms with E-state index >= 15 is 0 Å². The predicted molar refractivity (Wildman–Crippen MR) is 89.3 cm³/mol. The molecule has 116 valence electrons. The third-order valence-corrected chi connectivity index (χ3v) is 3.58. The quantitative estimate of drug-likeness (QED) is 0.224. The Hall–Kier alpha value is -1.38. The fraction of sp³-hybridized carbons (Fsp3) is 0.500. The summed E-state index contributed by atoms with van der Waals surface area (Å²) in [7, 11) is 0. The molecule has 0 atom stereocenters. The number of hydrogen-bond acceptors (Lipinski definition) is 4. The highest BCUT2D eigenvalue weighted by Gasteiger charge is 2.22. The number of carbonyl (C=O) groups is 1. The van der Waals surface area contributed by atoms with Crippen LogP contribution in [0.15, 0.2) is 18.2 Å². The zero-order valence-electron chi connectivity index (χ0n) is 11.9. The molecule has 0 saturated heterocycles. The van der Waals surface area contributed by atoms with Gasteiger partial charge in [-0.3, -0.25) is 14.9 Å². The zero-order valence-corrected chi connectivity index (χ0v) is 14.1. The Morgan fingerprint density at radius 2 is 2.14 bits per heavy atom. The number of carbonyl (C=O) groups excluding carboxylic acids is 1. The first-order valence-corrected chi connectivity index (χ1v) is 8.38. The molecular formula is C14H19IN2O4. The Balaban J connectivity index is 2.78. The number of rotatable bonds is 9. The summed E-state index contributed by atoms with van der Waals surface area (Å²) in [5.41, 5.74) is 0.0225. The first-order valence-electron chi connectivity index (χ1n) is 6.86. The Morgan fingerprint density at radius 1 is 1.38 bits per heavy atom. The molecule has 21 heavy (non-hydrogen) atoms. The molecule has 1 aromatic carbocycles. The Bertz CT molecular complexity index is 494. The average molecular weight is 406 g/mol. The molecule has 1 rings (SSSR count). The number of nitrogens with zero attached hydrogens (tertiary/aromatic N) is 1. The van der Waals surface area contributed by atoms with Gasteiger partial charge in [0.25, 0.3) is 5.91 Å². The van der Waals surface area contributed by atoms with Crippen molar-refractivity contribution in [1.29, 1.82) is 0 Å². The molecule has 0 aliphatic rings. The van der Waals surface area contributed by atoms with Crippen LogP contribution >= 0.6 is 22.6 Å². The largest absolute Gasteiger partial charge is 0.487 e. The molecule has 0 aromatic heterocycles. The van der Waals surface area contributed by atoms with Crippen molar-refractivity contribution in [1.82, 2.24) is 5.32 Å². The van der Waals surface area contributed by atoms with E-state index in [9.17, 15) is 14.9 Å². The number of benzene rings is 1. The molecule has 0 unspecified atom stereocenters. The molecular weight excluding hydrogens is 387 g/mol. The van der Waals surface area contributed by atoms with Gasteiger partial charge in [0.05, 0.1) is 17.1 Å². The number of nitrogens with one attached hydrogen (secondary N) is 1. The van der Waals surface area contributed by atoms with Crippen molar-refractivity contribution < 1.29 is 14.5 Å². The van der Waals surface area contributed by atoms with Crippen molar-refractivity contribution in [2.24, 2.45) is 0 Å². The summed E-state index contributed by atoms with van der Waals surface area (Å²) >= 11 is 2.32. The number of para-hydroxylation sites is 1. The lowest BCUT2D eigenvalue weighted by atomic mass is 10.1. The highest BCUT2D eigenvalue weighted by Crippen LogP contribution is 2.30. The number of hydrogen-bond donors (Lipinski definition) is 1. The monoisotopic (exact) mass is 406 g/mol. The highest BCUT2D eigenvalue weighted by atomic mass is 127. The zero-order chi connectivity index (χ0) is 15.7. The van der Waals surface area contributed by atoms with Gasteiger partial charge in [0.1, 0.15) is 0 Å². The van der Waals surface area contributed by atoms with E-state index in [1.165, 1.54) is 18.2 Å². The Kier molecular flexibility index (Phi) is 8.03. The fourth-order valence-corrected chi connectivity index (χ4v) is 2.38. The number of alkyl halides is 1. The molecule has 7 heteroatoms. The maximum atomic E-state index is 12.1. The van der Waals surface area contributed by atoms with Gasteiger partial charge in [-0.1, -0.05) is 35.1 Å². The van der Waals surface area contributed by atoms with Crippen LogP contribution in [-0.2, 0) is 0 Å². The van der Waals surface area contributed by atoms with Gasteiger partial charge in [-0.05, 0) is 30.3 Å². The SMILES string of the molecule is CCOc1c(C(=O)NCCCCCI)cccc1[N+](=O)[O-]. The second-order valence-electron chi connectivity index (χ2n) is 4.35.